The zero-order valence-corrected chi connectivity index (χ0v) is 31.7. The molecule has 0 radical (unpaired) electrons. The summed E-state index contributed by atoms with van der Waals surface area (Å²) < 4.78 is 5.45. The van der Waals surface area contributed by atoms with E-state index in [1.54, 1.807) is 0 Å². The van der Waals surface area contributed by atoms with Crippen LogP contribution >= 0.6 is 0 Å². The predicted molar refractivity (Wildman–Crippen MR) is 207 cm³/mol. The number of unbranched alkanes of at least 4 members (excludes halogenated alkanes) is 25. The Morgan fingerprint density at radius 1 is 0.457 bits per heavy atom. The van der Waals surface area contributed by atoms with E-state index >= 15 is 0 Å². The highest BCUT2D eigenvalue weighted by Gasteiger charge is 2.03. The fraction of sp³-hybridized carbons (Fsp3) is 0.841. The van der Waals surface area contributed by atoms with Crippen molar-refractivity contribution in [3.8, 4) is 0 Å². The number of esters is 1. The Labute approximate surface area is 290 Å². The summed E-state index contributed by atoms with van der Waals surface area (Å²) in [5, 5.41) is 0. The van der Waals surface area contributed by atoms with Crippen LogP contribution in [0.3, 0.4) is 0 Å². The molecule has 0 atom stereocenters. The van der Waals surface area contributed by atoms with Gasteiger partial charge in [-0.3, -0.25) is 4.79 Å². The highest BCUT2D eigenvalue weighted by atomic mass is 16.5. The van der Waals surface area contributed by atoms with Gasteiger partial charge in [-0.2, -0.15) is 0 Å². The molecular formula is C44H82O2. The van der Waals surface area contributed by atoms with Crippen molar-refractivity contribution in [1.82, 2.24) is 0 Å². The second kappa shape index (κ2) is 39.9. The molecule has 0 aromatic carbocycles. The minimum Gasteiger partial charge on any atom is -0.466 e. The molecule has 0 saturated heterocycles. The summed E-state index contributed by atoms with van der Waals surface area (Å²) in [5.74, 6) is 0.892. The highest BCUT2D eigenvalue weighted by Crippen LogP contribution is 2.16. The maximum atomic E-state index is 12.0. The first kappa shape index (κ1) is 44.7. The Kier molecular flexibility index (Phi) is 38.7. The summed E-state index contributed by atoms with van der Waals surface area (Å²) >= 11 is 0. The zero-order valence-electron chi connectivity index (χ0n) is 31.7. The number of carbonyl (C=O) groups is 1. The zero-order chi connectivity index (χ0) is 33.4. The standard InChI is InChI=1S/C44H82O2/c1-4-5-6-7-8-9-10-11-19-23-26-29-32-35-38-41-44(45)46-42-39-36-33-30-27-24-21-18-16-14-12-13-15-17-20-22-25-28-31-34-37-40-43(2)3/h5-6,8-9,11,19,43H,4,7,10,12-18,20-42H2,1-3H3/b6-5-,9-8-,19-11-. The summed E-state index contributed by atoms with van der Waals surface area (Å²) in [6, 6.07) is 0. The van der Waals surface area contributed by atoms with E-state index in [1.165, 1.54) is 161 Å². The van der Waals surface area contributed by atoms with E-state index in [2.05, 4.69) is 57.2 Å². The smallest absolute Gasteiger partial charge is 0.305 e. The van der Waals surface area contributed by atoms with Crippen LogP contribution < -0.4 is 0 Å². The summed E-state index contributed by atoms with van der Waals surface area (Å²) in [5.41, 5.74) is 0. The second-order valence-electron chi connectivity index (χ2n) is 14.4. The Balaban J connectivity index is 3.20. The quantitative estimate of drug-likeness (QED) is 0.0383. The minimum absolute atomic E-state index is 0.00903. The van der Waals surface area contributed by atoms with Crippen molar-refractivity contribution < 1.29 is 9.53 Å². The fourth-order valence-electron chi connectivity index (χ4n) is 6.16. The van der Waals surface area contributed by atoms with Gasteiger partial charge in [-0.25, -0.2) is 0 Å². The largest absolute Gasteiger partial charge is 0.466 e. The first-order chi connectivity index (χ1) is 22.7. The van der Waals surface area contributed by atoms with Crippen molar-refractivity contribution in [3.05, 3.63) is 36.5 Å². The maximum Gasteiger partial charge on any atom is 0.305 e. The van der Waals surface area contributed by atoms with Gasteiger partial charge in [0.05, 0.1) is 6.61 Å². The molecule has 0 spiro atoms. The van der Waals surface area contributed by atoms with Crippen LogP contribution in [0.15, 0.2) is 36.5 Å². The van der Waals surface area contributed by atoms with E-state index in [0.29, 0.717) is 13.0 Å². The summed E-state index contributed by atoms with van der Waals surface area (Å²) in [7, 11) is 0. The number of hydrogen-bond acceptors (Lipinski definition) is 2. The van der Waals surface area contributed by atoms with Crippen LogP contribution in [0.4, 0.5) is 0 Å². The molecule has 2 nitrogen and oxygen atoms in total. The van der Waals surface area contributed by atoms with E-state index in [-0.39, 0.29) is 5.97 Å². The van der Waals surface area contributed by atoms with Gasteiger partial charge < -0.3 is 4.74 Å². The molecule has 0 aliphatic rings. The molecule has 0 amide bonds. The molecule has 0 aromatic rings. The van der Waals surface area contributed by atoms with Crippen molar-refractivity contribution in [1.29, 1.82) is 0 Å². The Morgan fingerprint density at radius 3 is 1.28 bits per heavy atom. The van der Waals surface area contributed by atoms with E-state index in [0.717, 1.165) is 44.4 Å². The van der Waals surface area contributed by atoms with Gasteiger partial charge in [-0.15, -0.1) is 0 Å². The third-order valence-electron chi connectivity index (χ3n) is 9.22. The Bertz CT molecular complexity index is 673. The molecule has 0 fully saturated rings. The van der Waals surface area contributed by atoms with Crippen LogP contribution in [0.2, 0.25) is 0 Å². The van der Waals surface area contributed by atoms with Crippen LogP contribution in [0.5, 0.6) is 0 Å². The lowest BCUT2D eigenvalue weighted by Gasteiger charge is -2.06. The second-order valence-corrected chi connectivity index (χ2v) is 14.4. The normalized spacial score (nSPS) is 12.1. The molecule has 0 saturated carbocycles. The third-order valence-corrected chi connectivity index (χ3v) is 9.22. The highest BCUT2D eigenvalue weighted by molar-refractivity contribution is 5.69. The molecule has 0 rings (SSSR count). The number of hydrogen-bond donors (Lipinski definition) is 0. The van der Waals surface area contributed by atoms with E-state index in [9.17, 15) is 4.79 Å². The molecule has 0 heterocycles. The molecule has 270 valence electrons. The van der Waals surface area contributed by atoms with Crippen molar-refractivity contribution in [2.45, 2.75) is 226 Å². The Morgan fingerprint density at radius 2 is 0.826 bits per heavy atom. The maximum absolute atomic E-state index is 12.0. The van der Waals surface area contributed by atoms with Gasteiger partial charge in [-0.05, 0) is 50.9 Å². The first-order valence-electron chi connectivity index (χ1n) is 20.8. The molecule has 0 aliphatic carbocycles. The summed E-state index contributed by atoms with van der Waals surface area (Å²) in [6.45, 7) is 7.47. The summed E-state index contributed by atoms with van der Waals surface area (Å²) in [6.07, 6.45) is 55.2. The average molecular weight is 643 g/mol. The number of carbonyl (C=O) groups excluding carboxylic acids is 1. The molecule has 0 unspecified atom stereocenters. The van der Waals surface area contributed by atoms with E-state index < -0.39 is 0 Å². The van der Waals surface area contributed by atoms with Crippen molar-refractivity contribution >= 4 is 5.97 Å². The number of rotatable bonds is 37. The van der Waals surface area contributed by atoms with E-state index in [4.69, 9.17) is 4.74 Å². The molecule has 0 aromatic heterocycles. The van der Waals surface area contributed by atoms with Crippen LogP contribution in [0.1, 0.15) is 226 Å². The van der Waals surface area contributed by atoms with Crippen LogP contribution in [-0.2, 0) is 9.53 Å². The van der Waals surface area contributed by atoms with Crippen LogP contribution in [0, 0.1) is 5.92 Å². The van der Waals surface area contributed by atoms with Gasteiger partial charge in [0.25, 0.3) is 0 Å². The number of allylic oxidation sites excluding steroid dienone is 6. The van der Waals surface area contributed by atoms with Crippen LogP contribution in [0.25, 0.3) is 0 Å². The monoisotopic (exact) mass is 643 g/mol. The fourth-order valence-corrected chi connectivity index (χ4v) is 6.16. The van der Waals surface area contributed by atoms with E-state index in [1.807, 2.05) is 0 Å². The average Bonchev–Trinajstić information content (AvgIpc) is 3.04. The van der Waals surface area contributed by atoms with Gasteiger partial charge in [0, 0.05) is 6.42 Å². The van der Waals surface area contributed by atoms with Gasteiger partial charge >= 0.3 is 5.97 Å². The Hall–Kier alpha value is -1.31. The van der Waals surface area contributed by atoms with Crippen molar-refractivity contribution in [3.63, 3.8) is 0 Å². The lowest BCUT2D eigenvalue weighted by atomic mass is 10.0. The topological polar surface area (TPSA) is 26.3 Å². The molecule has 0 N–H and O–H groups in total. The lowest BCUT2D eigenvalue weighted by Crippen LogP contribution is -2.05. The van der Waals surface area contributed by atoms with Gasteiger partial charge in [-0.1, -0.05) is 211 Å². The van der Waals surface area contributed by atoms with Crippen LogP contribution in [-0.4, -0.2) is 12.6 Å². The molecule has 0 bridgehead atoms. The lowest BCUT2D eigenvalue weighted by molar-refractivity contribution is -0.143. The van der Waals surface area contributed by atoms with Gasteiger partial charge in [0.15, 0.2) is 0 Å². The van der Waals surface area contributed by atoms with Crippen molar-refractivity contribution in [2.24, 2.45) is 5.92 Å². The third kappa shape index (κ3) is 40.7. The van der Waals surface area contributed by atoms with Gasteiger partial charge in [0.2, 0.25) is 0 Å². The molecule has 2 heteroatoms. The predicted octanol–water partition coefficient (Wildman–Crippen LogP) is 15.4. The van der Waals surface area contributed by atoms with Crippen molar-refractivity contribution in [2.75, 3.05) is 6.61 Å². The minimum atomic E-state index is 0.00903. The SMILES string of the molecule is CC/C=C\C/C=C\C/C=C\CCCCCCCC(=O)OCCCCCCCCCCCCCCCCCCCCCCCC(C)C. The number of ether oxygens (including phenoxy) is 1. The van der Waals surface area contributed by atoms with Gasteiger partial charge in [0.1, 0.15) is 0 Å². The molecule has 0 aliphatic heterocycles. The molecule has 46 heavy (non-hydrogen) atoms. The first-order valence-corrected chi connectivity index (χ1v) is 20.8. The summed E-state index contributed by atoms with van der Waals surface area (Å²) in [4.78, 5) is 12.0. The molecular weight excluding hydrogens is 560 g/mol.